The number of hydrogen-bond acceptors (Lipinski definition) is 5. The quantitative estimate of drug-likeness (QED) is 0.713. The van der Waals surface area contributed by atoms with Gasteiger partial charge in [0.25, 0.3) is 5.91 Å². The van der Waals surface area contributed by atoms with Gasteiger partial charge in [-0.05, 0) is 12.1 Å². The first-order valence-electron chi connectivity index (χ1n) is 5.48. The summed E-state index contributed by atoms with van der Waals surface area (Å²) in [4.78, 5) is 19.3. The average Bonchev–Trinajstić information content (AvgIpc) is 2.46. The fraction of sp³-hybridized carbons (Fsp3) is 0. The van der Waals surface area contributed by atoms with Crippen LogP contribution >= 0.6 is 0 Å². The van der Waals surface area contributed by atoms with Crippen LogP contribution in [0.3, 0.4) is 0 Å². The Morgan fingerprint density at radius 2 is 2.00 bits per heavy atom. The van der Waals surface area contributed by atoms with E-state index in [1.165, 1.54) is 24.7 Å². The lowest BCUT2D eigenvalue weighted by atomic mass is 10.1. The van der Waals surface area contributed by atoms with Gasteiger partial charge in [-0.15, -0.1) is 0 Å². The van der Waals surface area contributed by atoms with Crippen molar-refractivity contribution in [2.24, 2.45) is 0 Å². The number of hydrogen-bond donors (Lipinski definition) is 3. The largest absolute Gasteiger partial charge is 0.507 e. The van der Waals surface area contributed by atoms with E-state index in [0.717, 1.165) is 0 Å². The van der Waals surface area contributed by atoms with Gasteiger partial charge < -0.3 is 5.11 Å². The first kappa shape index (κ1) is 12.6. The van der Waals surface area contributed by atoms with Gasteiger partial charge >= 0.3 is 0 Å². The maximum absolute atomic E-state index is 11.7. The van der Waals surface area contributed by atoms with Crippen LogP contribution in [0.1, 0.15) is 16.1 Å². The molecule has 3 N–H and O–H groups in total. The second kappa shape index (κ2) is 5.63. The van der Waals surface area contributed by atoms with E-state index in [-0.39, 0.29) is 11.4 Å². The van der Waals surface area contributed by atoms with Crippen LogP contribution in [0.15, 0.2) is 49.4 Å². The minimum atomic E-state index is -0.440. The predicted molar refractivity (Wildman–Crippen MR) is 69.8 cm³/mol. The van der Waals surface area contributed by atoms with Crippen LogP contribution in [0, 0.1) is 0 Å². The Bertz CT molecular complexity index is 599. The van der Waals surface area contributed by atoms with Crippen molar-refractivity contribution in [2.75, 3.05) is 0 Å². The van der Waals surface area contributed by atoms with Gasteiger partial charge in [0.05, 0.1) is 11.9 Å². The van der Waals surface area contributed by atoms with E-state index in [2.05, 4.69) is 27.4 Å². The Labute approximate surface area is 109 Å². The number of nitrogens with zero attached hydrogens (tertiary/aromatic N) is 2. The zero-order valence-electron chi connectivity index (χ0n) is 10.00. The fourth-order valence-electron chi connectivity index (χ4n) is 1.41. The highest BCUT2D eigenvalue weighted by molar-refractivity contribution is 5.92. The predicted octanol–water partition coefficient (Wildman–Crippen LogP) is 1.09. The van der Waals surface area contributed by atoms with Crippen LogP contribution in [-0.4, -0.2) is 21.0 Å². The number of nitrogens with one attached hydrogen (secondary N) is 2. The number of phenols is 1. The standard InChI is InChI=1S/C13H12N4O2/c1-9(10-4-2-3-5-12(10)18)16-17-13(19)11-8-14-6-7-15-11/h2-8,16,18H,1H2,(H,17,19). The van der Waals surface area contributed by atoms with Crippen molar-refractivity contribution in [3.8, 4) is 5.75 Å². The first-order valence-corrected chi connectivity index (χ1v) is 5.48. The molecule has 96 valence electrons. The molecule has 1 aromatic carbocycles. The number of aromatic hydroxyl groups is 1. The Morgan fingerprint density at radius 3 is 2.68 bits per heavy atom. The molecule has 0 bridgehead atoms. The average molecular weight is 256 g/mol. The number of hydrazine groups is 1. The highest BCUT2D eigenvalue weighted by Crippen LogP contribution is 2.20. The summed E-state index contributed by atoms with van der Waals surface area (Å²) in [5.41, 5.74) is 6.09. The van der Waals surface area contributed by atoms with Crippen molar-refractivity contribution in [2.45, 2.75) is 0 Å². The van der Waals surface area contributed by atoms with E-state index in [1.807, 2.05) is 0 Å². The normalized spacial score (nSPS) is 9.68. The summed E-state index contributed by atoms with van der Waals surface area (Å²) >= 11 is 0. The third-order valence-electron chi connectivity index (χ3n) is 2.35. The summed E-state index contributed by atoms with van der Waals surface area (Å²) in [5, 5.41) is 9.63. The molecule has 0 radical (unpaired) electrons. The van der Waals surface area contributed by atoms with Crippen molar-refractivity contribution in [3.63, 3.8) is 0 Å². The van der Waals surface area contributed by atoms with Crippen LogP contribution < -0.4 is 10.9 Å². The Hall–Kier alpha value is -2.89. The molecule has 2 rings (SSSR count). The van der Waals surface area contributed by atoms with Crippen molar-refractivity contribution >= 4 is 11.6 Å². The second-order valence-corrected chi connectivity index (χ2v) is 3.67. The molecule has 1 heterocycles. The molecular weight excluding hydrogens is 244 g/mol. The molecule has 0 atom stereocenters. The van der Waals surface area contributed by atoms with E-state index in [0.29, 0.717) is 11.3 Å². The molecular formula is C13H12N4O2. The van der Waals surface area contributed by atoms with Crippen LogP contribution in [0.2, 0.25) is 0 Å². The van der Waals surface area contributed by atoms with Crippen LogP contribution in [0.4, 0.5) is 0 Å². The van der Waals surface area contributed by atoms with E-state index in [4.69, 9.17) is 0 Å². The topological polar surface area (TPSA) is 87.1 Å². The van der Waals surface area contributed by atoms with Gasteiger partial charge in [0.2, 0.25) is 0 Å². The SMILES string of the molecule is C=C(NNC(=O)c1cnccn1)c1ccccc1O. The van der Waals surface area contributed by atoms with E-state index in [9.17, 15) is 9.90 Å². The lowest BCUT2D eigenvalue weighted by molar-refractivity contribution is 0.0937. The van der Waals surface area contributed by atoms with E-state index >= 15 is 0 Å². The third-order valence-corrected chi connectivity index (χ3v) is 2.35. The van der Waals surface area contributed by atoms with Gasteiger partial charge in [-0.3, -0.25) is 20.6 Å². The fourth-order valence-corrected chi connectivity index (χ4v) is 1.41. The molecule has 6 heteroatoms. The molecule has 0 fully saturated rings. The minimum absolute atomic E-state index is 0.0775. The second-order valence-electron chi connectivity index (χ2n) is 3.67. The highest BCUT2D eigenvalue weighted by atomic mass is 16.3. The number of benzene rings is 1. The molecule has 0 spiro atoms. The summed E-state index contributed by atoms with van der Waals surface area (Å²) in [6.07, 6.45) is 4.25. The van der Waals surface area contributed by atoms with E-state index in [1.54, 1.807) is 18.2 Å². The van der Waals surface area contributed by atoms with Gasteiger partial charge in [0.1, 0.15) is 11.4 Å². The molecule has 19 heavy (non-hydrogen) atoms. The monoisotopic (exact) mass is 256 g/mol. The molecule has 1 aromatic heterocycles. The van der Waals surface area contributed by atoms with Crippen LogP contribution in [0.5, 0.6) is 5.75 Å². The summed E-state index contributed by atoms with van der Waals surface area (Å²) < 4.78 is 0. The lowest BCUT2D eigenvalue weighted by Gasteiger charge is -2.11. The molecule has 0 saturated heterocycles. The zero-order valence-corrected chi connectivity index (χ0v) is 10.00. The number of aromatic nitrogens is 2. The number of phenolic OH excluding ortho intramolecular Hbond substituents is 1. The van der Waals surface area contributed by atoms with Gasteiger partial charge in [-0.25, -0.2) is 4.98 Å². The van der Waals surface area contributed by atoms with E-state index < -0.39 is 5.91 Å². The number of para-hydroxylation sites is 1. The van der Waals surface area contributed by atoms with Gasteiger partial charge in [-0.1, -0.05) is 18.7 Å². The molecule has 0 saturated carbocycles. The molecule has 2 aromatic rings. The maximum Gasteiger partial charge on any atom is 0.289 e. The third kappa shape index (κ3) is 3.06. The van der Waals surface area contributed by atoms with Crippen molar-refractivity contribution in [1.29, 1.82) is 0 Å². The Kier molecular flexibility index (Phi) is 3.72. The summed E-state index contributed by atoms with van der Waals surface area (Å²) in [6, 6.07) is 6.67. The summed E-state index contributed by atoms with van der Waals surface area (Å²) in [6.45, 7) is 3.73. The van der Waals surface area contributed by atoms with Crippen molar-refractivity contribution < 1.29 is 9.90 Å². The minimum Gasteiger partial charge on any atom is -0.507 e. The summed E-state index contributed by atoms with van der Waals surface area (Å²) in [7, 11) is 0. The summed E-state index contributed by atoms with van der Waals surface area (Å²) in [5.74, 6) is -0.363. The first-order chi connectivity index (χ1) is 9.18. The molecule has 0 aliphatic heterocycles. The zero-order chi connectivity index (χ0) is 13.7. The number of rotatable bonds is 4. The lowest BCUT2D eigenvalue weighted by Crippen LogP contribution is -2.36. The van der Waals surface area contributed by atoms with Crippen LogP contribution in [-0.2, 0) is 0 Å². The number of carbonyl (C=O) groups is 1. The molecule has 6 nitrogen and oxygen atoms in total. The van der Waals surface area contributed by atoms with Gasteiger partial charge in [0, 0.05) is 18.0 Å². The smallest absolute Gasteiger partial charge is 0.289 e. The molecule has 0 unspecified atom stereocenters. The molecule has 1 amide bonds. The van der Waals surface area contributed by atoms with Gasteiger partial charge in [0.15, 0.2) is 0 Å². The van der Waals surface area contributed by atoms with Crippen molar-refractivity contribution in [1.82, 2.24) is 20.8 Å². The maximum atomic E-state index is 11.7. The van der Waals surface area contributed by atoms with Crippen molar-refractivity contribution in [3.05, 3.63) is 60.7 Å². The number of amides is 1. The molecule has 0 aliphatic carbocycles. The highest BCUT2D eigenvalue weighted by Gasteiger charge is 2.08. The molecule has 0 aliphatic rings. The Balaban J connectivity index is 1.98. The Morgan fingerprint density at radius 1 is 1.21 bits per heavy atom. The van der Waals surface area contributed by atoms with Gasteiger partial charge in [-0.2, -0.15) is 0 Å². The number of carbonyl (C=O) groups excluding carboxylic acids is 1. The van der Waals surface area contributed by atoms with Crippen LogP contribution in [0.25, 0.3) is 5.70 Å².